The Hall–Kier alpha value is -2.04. The van der Waals surface area contributed by atoms with Crippen molar-refractivity contribution < 1.29 is 9.53 Å². The molecule has 0 heterocycles. The average Bonchev–Trinajstić information content (AvgIpc) is 2.60. The molecule has 0 saturated heterocycles. The van der Waals surface area contributed by atoms with E-state index < -0.39 is 0 Å². The number of halogens is 1. The molecule has 0 radical (unpaired) electrons. The van der Waals surface area contributed by atoms with Gasteiger partial charge in [0, 0.05) is 13.6 Å². The molecule has 0 bridgehead atoms. The molecule has 2 aromatic rings. The summed E-state index contributed by atoms with van der Waals surface area (Å²) in [5.41, 5.74) is 8.53. The molecule has 5 heteroatoms. The van der Waals surface area contributed by atoms with E-state index in [0.29, 0.717) is 31.0 Å². The molecule has 0 atom stereocenters. The number of nitrogens with two attached hydrogens (primary N) is 1. The smallest absolute Gasteiger partial charge is 0.257 e. The summed E-state index contributed by atoms with van der Waals surface area (Å²) in [6.07, 6.45) is 0. The SMILES string of the molecule is Cc1ccccc1COc1ccccc1C(=O)N(C)CC(C)(C)CN.Cl. The van der Waals surface area contributed by atoms with Gasteiger partial charge in [-0.05, 0) is 42.1 Å². The molecule has 2 aromatic carbocycles. The molecule has 142 valence electrons. The highest BCUT2D eigenvalue weighted by atomic mass is 35.5. The van der Waals surface area contributed by atoms with Gasteiger partial charge in [0.05, 0.1) is 5.56 Å². The van der Waals surface area contributed by atoms with Crippen LogP contribution in [-0.4, -0.2) is 30.9 Å². The number of para-hydroxylation sites is 1. The van der Waals surface area contributed by atoms with Gasteiger partial charge in [-0.25, -0.2) is 0 Å². The highest BCUT2D eigenvalue weighted by Gasteiger charge is 2.23. The van der Waals surface area contributed by atoms with Crippen molar-refractivity contribution in [2.45, 2.75) is 27.4 Å². The van der Waals surface area contributed by atoms with Gasteiger partial charge in [-0.1, -0.05) is 50.2 Å². The topological polar surface area (TPSA) is 55.6 Å². The first-order valence-electron chi connectivity index (χ1n) is 8.56. The molecule has 0 aromatic heterocycles. The van der Waals surface area contributed by atoms with Gasteiger partial charge < -0.3 is 15.4 Å². The Balaban J connectivity index is 0.00000338. The predicted octanol–water partition coefficient (Wildman–Crippen LogP) is 4.05. The van der Waals surface area contributed by atoms with E-state index >= 15 is 0 Å². The Kier molecular flexibility index (Phi) is 8.12. The molecule has 26 heavy (non-hydrogen) atoms. The first-order valence-corrected chi connectivity index (χ1v) is 8.56. The van der Waals surface area contributed by atoms with Crippen LogP contribution in [0, 0.1) is 12.3 Å². The third-order valence-electron chi connectivity index (χ3n) is 4.33. The van der Waals surface area contributed by atoms with Crippen molar-refractivity contribution in [1.29, 1.82) is 0 Å². The van der Waals surface area contributed by atoms with Gasteiger partial charge in [0.15, 0.2) is 0 Å². The molecule has 2 N–H and O–H groups in total. The summed E-state index contributed by atoms with van der Waals surface area (Å²) in [5, 5.41) is 0. The van der Waals surface area contributed by atoms with Crippen molar-refractivity contribution in [2.75, 3.05) is 20.1 Å². The lowest BCUT2D eigenvalue weighted by atomic mass is 9.93. The van der Waals surface area contributed by atoms with Crippen molar-refractivity contribution in [2.24, 2.45) is 11.1 Å². The maximum atomic E-state index is 12.8. The van der Waals surface area contributed by atoms with Crippen LogP contribution in [0.25, 0.3) is 0 Å². The first kappa shape index (κ1) is 22.0. The number of carbonyl (C=O) groups is 1. The summed E-state index contributed by atoms with van der Waals surface area (Å²) in [7, 11) is 1.80. The third kappa shape index (κ3) is 5.75. The van der Waals surface area contributed by atoms with Crippen LogP contribution >= 0.6 is 12.4 Å². The molecule has 0 unspecified atom stereocenters. The second-order valence-corrected chi connectivity index (χ2v) is 7.24. The van der Waals surface area contributed by atoms with Gasteiger partial charge in [-0.15, -0.1) is 12.4 Å². The fourth-order valence-corrected chi connectivity index (χ4v) is 2.68. The second kappa shape index (κ2) is 9.60. The zero-order valence-electron chi connectivity index (χ0n) is 16.0. The van der Waals surface area contributed by atoms with E-state index in [1.807, 2.05) is 42.5 Å². The number of rotatable bonds is 7. The monoisotopic (exact) mass is 376 g/mol. The summed E-state index contributed by atoms with van der Waals surface area (Å²) in [5.74, 6) is 0.551. The number of ether oxygens (including phenoxy) is 1. The number of nitrogens with zero attached hydrogens (tertiary/aromatic N) is 1. The van der Waals surface area contributed by atoms with Gasteiger partial charge in [-0.3, -0.25) is 4.79 Å². The second-order valence-electron chi connectivity index (χ2n) is 7.24. The molecule has 0 fully saturated rings. The molecule has 0 aliphatic carbocycles. The van der Waals surface area contributed by atoms with Crippen LogP contribution in [0.4, 0.5) is 0 Å². The molecular formula is C21H29ClN2O2. The molecule has 1 amide bonds. The van der Waals surface area contributed by atoms with Crippen molar-refractivity contribution in [3.63, 3.8) is 0 Å². The van der Waals surface area contributed by atoms with Crippen molar-refractivity contribution in [3.8, 4) is 5.75 Å². The summed E-state index contributed by atoms with van der Waals surface area (Å²) in [6, 6.07) is 15.5. The minimum atomic E-state index is -0.124. The summed E-state index contributed by atoms with van der Waals surface area (Å²) in [4.78, 5) is 14.6. The van der Waals surface area contributed by atoms with Gasteiger partial charge in [0.1, 0.15) is 12.4 Å². The van der Waals surface area contributed by atoms with Gasteiger partial charge in [-0.2, -0.15) is 0 Å². The number of hydrogen-bond donors (Lipinski definition) is 1. The zero-order valence-corrected chi connectivity index (χ0v) is 16.8. The van der Waals surface area contributed by atoms with Gasteiger partial charge in [0.2, 0.25) is 0 Å². The van der Waals surface area contributed by atoms with Crippen LogP contribution in [0.3, 0.4) is 0 Å². The number of hydrogen-bond acceptors (Lipinski definition) is 3. The zero-order chi connectivity index (χ0) is 18.4. The number of amides is 1. The molecule has 4 nitrogen and oxygen atoms in total. The molecular weight excluding hydrogens is 348 g/mol. The summed E-state index contributed by atoms with van der Waals surface area (Å²) in [6.45, 7) is 7.71. The lowest BCUT2D eigenvalue weighted by molar-refractivity contribution is 0.0735. The molecule has 0 saturated carbocycles. The average molecular weight is 377 g/mol. The minimum Gasteiger partial charge on any atom is -0.488 e. The van der Waals surface area contributed by atoms with E-state index in [1.54, 1.807) is 11.9 Å². The van der Waals surface area contributed by atoms with Crippen molar-refractivity contribution in [3.05, 3.63) is 65.2 Å². The Bertz CT molecular complexity index is 731. The summed E-state index contributed by atoms with van der Waals surface area (Å²) >= 11 is 0. The van der Waals surface area contributed by atoms with E-state index in [2.05, 4.69) is 26.8 Å². The number of benzene rings is 2. The fourth-order valence-electron chi connectivity index (χ4n) is 2.68. The van der Waals surface area contributed by atoms with E-state index in [1.165, 1.54) is 5.56 Å². The highest BCUT2D eigenvalue weighted by molar-refractivity contribution is 5.96. The largest absolute Gasteiger partial charge is 0.488 e. The van der Waals surface area contributed by atoms with Crippen molar-refractivity contribution >= 4 is 18.3 Å². The predicted molar refractivity (Wildman–Crippen MR) is 109 cm³/mol. The third-order valence-corrected chi connectivity index (χ3v) is 4.33. The summed E-state index contributed by atoms with van der Waals surface area (Å²) < 4.78 is 5.96. The molecule has 0 aliphatic heterocycles. The van der Waals surface area contributed by atoms with Crippen LogP contribution in [-0.2, 0) is 6.61 Å². The van der Waals surface area contributed by atoms with Crippen LogP contribution in [0.5, 0.6) is 5.75 Å². The maximum Gasteiger partial charge on any atom is 0.257 e. The Morgan fingerprint density at radius 1 is 1.12 bits per heavy atom. The van der Waals surface area contributed by atoms with E-state index in [0.717, 1.165) is 5.56 Å². The molecule has 0 spiro atoms. The fraction of sp³-hybridized carbons (Fsp3) is 0.381. The molecule has 0 aliphatic rings. The Morgan fingerprint density at radius 3 is 2.38 bits per heavy atom. The Labute approximate surface area is 162 Å². The van der Waals surface area contributed by atoms with E-state index in [9.17, 15) is 4.79 Å². The lowest BCUT2D eigenvalue weighted by Crippen LogP contribution is -2.39. The van der Waals surface area contributed by atoms with Crippen LogP contribution in [0.2, 0.25) is 0 Å². The highest BCUT2D eigenvalue weighted by Crippen LogP contribution is 2.23. The minimum absolute atomic E-state index is 0. The first-order chi connectivity index (χ1) is 11.8. The Morgan fingerprint density at radius 2 is 1.73 bits per heavy atom. The standard InChI is InChI=1S/C21H28N2O2.ClH/c1-16-9-5-6-10-17(16)13-25-19-12-8-7-11-18(19)20(24)23(4)15-21(2,3)14-22;/h5-12H,13-15,22H2,1-4H3;1H. The normalized spacial score (nSPS) is 10.8. The van der Waals surface area contributed by atoms with Crippen LogP contribution in [0.1, 0.15) is 35.3 Å². The van der Waals surface area contributed by atoms with E-state index in [-0.39, 0.29) is 23.7 Å². The number of aryl methyl sites for hydroxylation is 1. The van der Waals surface area contributed by atoms with Crippen molar-refractivity contribution in [1.82, 2.24) is 4.90 Å². The van der Waals surface area contributed by atoms with Crippen LogP contribution < -0.4 is 10.5 Å². The number of carbonyl (C=O) groups excluding carboxylic acids is 1. The van der Waals surface area contributed by atoms with Gasteiger partial charge in [0.25, 0.3) is 5.91 Å². The van der Waals surface area contributed by atoms with Crippen LogP contribution in [0.15, 0.2) is 48.5 Å². The quantitative estimate of drug-likeness (QED) is 0.792. The molecule has 2 rings (SSSR count). The lowest BCUT2D eigenvalue weighted by Gasteiger charge is -2.29. The van der Waals surface area contributed by atoms with E-state index in [4.69, 9.17) is 10.5 Å². The van der Waals surface area contributed by atoms with Gasteiger partial charge >= 0.3 is 0 Å². The maximum absolute atomic E-state index is 12.8.